The number of hydrogen-bond acceptors (Lipinski definition) is 3. The number of aliphatic imine (C=N–C) groups is 1. The third-order valence-corrected chi connectivity index (χ3v) is 0.270. The number of hydrogen-bond donors (Lipinski definition) is 2. The average Bonchev–Trinajstić information content (AvgIpc) is 1.97. The Hall–Kier alpha value is -0.570. The van der Waals surface area contributed by atoms with E-state index in [2.05, 4.69) is 4.99 Å². The van der Waals surface area contributed by atoms with Crippen molar-refractivity contribution < 1.29 is 5.57 Å². The molecular weight excluding hydrogens is 66.0 g/mol. The maximum absolute atomic E-state index is 6.87. The minimum Gasteiger partial charge on any atom is -0.310 e. The molecule has 0 radical (unpaired) electrons. The summed E-state index contributed by atoms with van der Waals surface area (Å²) in [6.07, 6.45) is 0.938. The van der Waals surface area contributed by atoms with Gasteiger partial charge < -0.3 is 5.42 Å². The molecule has 1 aliphatic rings. The summed E-state index contributed by atoms with van der Waals surface area (Å²) in [4.78, 5) is 3.22. The van der Waals surface area contributed by atoms with Crippen LogP contribution in [0.4, 0.5) is 0 Å². The number of rotatable bonds is 0. The van der Waals surface area contributed by atoms with Crippen molar-refractivity contribution in [3.05, 3.63) is 0 Å². The lowest BCUT2D eigenvalue weighted by atomic mass is 11.2. The van der Waals surface area contributed by atoms with Crippen molar-refractivity contribution in [2.75, 3.05) is 6.62 Å². The molecule has 0 saturated heterocycles. The monoisotopic (exact) mass is 75.1 g/mol. The highest BCUT2D eigenvalue weighted by Crippen LogP contribution is 1.59. The molecule has 1 rings (SSSR count). The van der Waals surface area contributed by atoms with E-state index in [4.69, 9.17) is 5.57 Å². The quantitative estimate of drug-likeness (QED) is 0.390. The van der Waals surface area contributed by atoms with Crippen LogP contribution < -0.4 is 10.8 Å². The normalized spacial score (nSPS) is 46.8. The molecule has 3 nitrogen and oxygen atoms in total. The molecule has 28 valence electrons. The second-order valence-electron chi connectivity index (χ2n) is 0.560. The smallest absolute Gasteiger partial charge is 0.182 e. The second-order valence-corrected chi connectivity index (χ2v) is 0.560. The number of nitrogens with one attached hydrogen (secondary N) is 2. The summed E-state index contributed by atoms with van der Waals surface area (Å²) in [6.45, 7) is -2.07. The predicted molar refractivity (Wildman–Crippen MR) is 19.6 cm³/mol. The van der Waals surface area contributed by atoms with Gasteiger partial charge in [0.05, 0.1) is 9.08 Å². The molecule has 1 aliphatic heterocycles. The fraction of sp³-hybridized carbons (Fsp3) is 0.500. The van der Waals surface area contributed by atoms with Crippen molar-refractivity contribution in [3.8, 4) is 0 Å². The first-order valence-corrected chi connectivity index (χ1v) is 1.16. The Morgan fingerprint density at radius 1 is 2.40 bits per heavy atom. The zero-order valence-electron chi connectivity index (χ0n) is 6.42. The van der Waals surface area contributed by atoms with Gasteiger partial charge in [-0.2, -0.15) is 0 Å². The van der Waals surface area contributed by atoms with Gasteiger partial charge in [0, 0.05) is 0 Å². The molecule has 5 heavy (non-hydrogen) atoms. The van der Waals surface area contributed by atoms with Crippen molar-refractivity contribution in [3.63, 3.8) is 0 Å². The van der Waals surface area contributed by atoms with E-state index in [9.17, 15) is 0 Å². The maximum atomic E-state index is 6.87. The molecule has 0 aromatic rings. The summed E-state index contributed by atoms with van der Waals surface area (Å²) < 4.78 is 27.3. The van der Waals surface area contributed by atoms with Gasteiger partial charge in [-0.05, 0) is 0 Å². The third-order valence-electron chi connectivity index (χ3n) is 0.270. The van der Waals surface area contributed by atoms with Gasteiger partial charge in [-0.15, -0.1) is 0 Å². The van der Waals surface area contributed by atoms with Crippen LogP contribution >= 0.6 is 0 Å². The Bertz CT molecular complexity index is 145. The van der Waals surface area contributed by atoms with Gasteiger partial charge in [0.2, 0.25) is 0 Å². The molecule has 3 heteroatoms. The number of nitrogens with zero attached hydrogens (tertiary/aromatic N) is 1. The topological polar surface area (TPSA) is 36.4 Å². The lowest BCUT2D eigenvalue weighted by Gasteiger charge is -1.80. The summed E-state index contributed by atoms with van der Waals surface area (Å²) in [5, 5.41) is 0. The van der Waals surface area contributed by atoms with Crippen LogP contribution in [0.5, 0.6) is 0 Å². The molecule has 0 aromatic carbocycles. The third kappa shape index (κ3) is 0.357. The molecule has 0 atom stereocenters. The van der Waals surface area contributed by atoms with Crippen molar-refractivity contribution >= 4 is 6.34 Å². The molecule has 0 unspecified atom stereocenters. The van der Waals surface area contributed by atoms with Crippen molar-refractivity contribution in [1.29, 1.82) is 0 Å². The zero-order chi connectivity index (χ0) is 7.07. The van der Waals surface area contributed by atoms with Crippen LogP contribution in [0.25, 0.3) is 0 Å². The Balaban J connectivity index is 2.74. The SMILES string of the molecule is [2H]N1C=NC([2H])([2H])N1[2H]. The summed E-state index contributed by atoms with van der Waals surface area (Å²) in [6, 6.07) is 0. The molecule has 0 amide bonds. The highest BCUT2D eigenvalue weighted by Gasteiger charge is 1.79. The fourth-order valence-electron chi connectivity index (χ4n) is 0.129. The van der Waals surface area contributed by atoms with E-state index in [0.717, 1.165) is 6.34 Å². The molecule has 0 spiro atoms. The first-order chi connectivity index (χ1) is 4.04. The minimum atomic E-state index is -2.07. The van der Waals surface area contributed by atoms with Gasteiger partial charge >= 0.3 is 0 Å². The molecule has 0 aromatic heterocycles. The summed E-state index contributed by atoms with van der Waals surface area (Å²) in [5.74, 6) is 0. The lowest BCUT2D eigenvalue weighted by Crippen LogP contribution is -2.22. The highest BCUT2D eigenvalue weighted by molar-refractivity contribution is 5.54. The Morgan fingerprint density at radius 2 is 3.40 bits per heavy atom. The fourth-order valence-corrected chi connectivity index (χ4v) is 0.129. The van der Waals surface area contributed by atoms with Gasteiger partial charge in [0.15, 0.2) is 1.41 Å². The summed E-state index contributed by atoms with van der Waals surface area (Å²) >= 11 is 0. The van der Waals surface area contributed by atoms with Gasteiger partial charge in [-0.3, -0.25) is 4.99 Å². The van der Waals surface area contributed by atoms with E-state index in [-0.39, 0.29) is 0 Å². The van der Waals surface area contributed by atoms with Crippen molar-refractivity contribution in [1.82, 2.24) is 10.8 Å². The van der Waals surface area contributed by atoms with Crippen LogP contribution in [-0.2, 0) is 0 Å². The Morgan fingerprint density at radius 3 is 3.60 bits per heavy atom. The maximum Gasteiger partial charge on any atom is 0.182 e. The largest absolute Gasteiger partial charge is 0.310 e. The minimum absolute atomic E-state index is 0.326. The van der Waals surface area contributed by atoms with E-state index in [1.165, 1.54) is 0 Å². The van der Waals surface area contributed by atoms with Gasteiger partial charge in [-0.1, -0.05) is 0 Å². The van der Waals surface area contributed by atoms with E-state index < -0.39 is 6.62 Å². The van der Waals surface area contributed by atoms with Gasteiger partial charge in [-0.25, -0.2) is 5.42 Å². The van der Waals surface area contributed by atoms with E-state index in [0.29, 0.717) is 10.8 Å². The molecule has 0 aliphatic carbocycles. The summed E-state index contributed by atoms with van der Waals surface area (Å²) in [5.41, 5.74) is 0.840. The van der Waals surface area contributed by atoms with Crippen LogP contribution in [0, 0.1) is 0 Å². The van der Waals surface area contributed by atoms with Crippen molar-refractivity contribution in [2.24, 2.45) is 4.99 Å². The standard InChI is InChI=1S/C2H5N3/c1-3-2-5-4-1/h1,5H,2H2,(H,3,4)/i2D2/hD2. The molecule has 0 fully saturated rings. The molecular formula is C2H5N3. The van der Waals surface area contributed by atoms with Gasteiger partial charge in [0.25, 0.3) is 0 Å². The zero-order valence-corrected chi connectivity index (χ0v) is 2.42. The van der Waals surface area contributed by atoms with Crippen molar-refractivity contribution in [2.45, 2.75) is 0 Å². The van der Waals surface area contributed by atoms with Gasteiger partial charge in [0.1, 0.15) is 8.03 Å². The highest BCUT2D eigenvalue weighted by atomic mass is 15.4. The Labute approximate surface area is 35.8 Å². The van der Waals surface area contributed by atoms with Crippen LogP contribution in [0.2, 0.25) is 2.82 Å². The van der Waals surface area contributed by atoms with Crippen LogP contribution in [0.3, 0.4) is 0 Å². The van der Waals surface area contributed by atoms with Crippen LogP contribution in [0.15, 0.2) is 4.99 Å². The molecule has 0 bridgehead atoms. The predicted octanol–water partition coefficient (Wildman–Crippen LogP) is -0.920. The van der Waals surface area contributed by atoms with E-state index >= 15 is 0 Å². The Kier molecular flexibility index (Phi) is 0.151. The van der Waals surface area contributed by atoms with Crippen LogP contribution in [0.1, 0.15) is 2.74 Å². The lowest BCUT2D eigenvalue weighted by molar-refractivity contribution is 0.731. The first-order valence-electron chi connectivity index (χ1n) is 3.06. The second kappa shape index (κ2) is 1.03. The van der Waals surface area contributed by atoms with E-state index in [1.807, 2.05) is 0 Å². The average molecular weight is 75.1 g/mol. The number of hydrazine groups is 1. The molecule has 2 N–H and O–H groups in total. The first kappa shape index (κ1) is 0.733. The van der Waals surface area contributed by atoms with Crippen LogP contribution in [-0.4, -0.2) is 13.0 Å². The molecule has 0 saturated carbocycles. The van der Waals surface area contributed by atoms with E-state index in [1.54, 1.807) is 0 Å². The summed E-state index contributed by atoms with van der Waals surface area (Å²) in [7, 11) is 0. The molecule has 1 heterocycles.